The summed E-state index contributed by atoms with van der Waals surface area (Å²) >= 11 is 0. The minimum Gasteiger partial charge on any atom is -0.441 e. The normalized spacial score (nSPS) is 26.8. The first-order valence-electron chi connectivity index (χ1n) is 9.76. The third kappa shape index (κ3) is 3.88. The number of hydrogen-bond acceptors (Lipinski definition) is 4. The first kappa shape index (κ1) is 18.0. The highest BCUT2D eigenvalue weighted by Crippen LogP contribution is 2.36. The third-order valence-corrected chi connectivity index (χ3v) is 6.56. The summed E-state index contributed by atoms with van der Waals surface area (Å²) in [7, 11) is 0. The van der Waals surface area contributed by atoms with Crippen LogP contribution in [0, 0.1) is 5.92 Å². The van der Waals surface area contributed by atoms with Crippen LogP contribution in [0.5, 0.6) is 0 Å². The van der Waals surface area contributed by atoms with Crippen molar-refractivity contribution in [2.45, 2.75) is 77.0 Å². The number of rotatable bonds is 4. The minimum absolute atomic E-state index is 0.230. The SMILES string of the molecule is CC(C)N1CCC(CC(C)(C)N2CCC3(CC2)CNC(=O)O3)CC1. The number of likely N-dealkylation sites (tertiary alicyclic amines) is 2. The first-order valence-corrected chi connectivity index (χ1v) is 9.76. The zero-order valence-corrected chi connectivity index (χ0v) is 15.9. The minimum atomic E-state index is -0.236. The molecule has 0 saturated carbocycles. The van der Waals surface area contributed by atoms with E-state index in [-0.39, 0.29) is 17.2 Å². The zero-order chi connectivity index (χ0) is 17.4. The second-order valence-electron chi connectivity index (χ2n) is 9.00. The Balaban J connectivity index is 1.49. The van der Waals surface area contributed by atoms with E-state index in [9.17, 15) is 4.79 Å². The molecule has 1 spiro atoms. The fourth-order valence-electron chi connectivity index (χ4n) is 4.81. The molecule has 1 amide bonds. The molecule has 3 saturated heterocycles. The Kier molecular flexibility index (Phi) is 5.12. The third-order valence-electron chi connectivity index (χ3n) is 6.56. The molecular formula is C19H35N3O2. The largest absolute Gasteiger partial charge is 0.441 e. The van der Waals surface area contributed by atoms with E-state index in [1.807, 2.05) is 0 Å². The van der Waals surface area contributed by atoms with Crippen molar-refractivity contribution in [2.75, 3.05) is 32.7 Å². The van der Waals surface area contributed by atoms with E-state index in [0.717, 1.165) is 31.8 Å². The molecule has 3 aliphatic heterocycles. The molecule has 3 heterocycles. The second-order valence-corrected chi connectivity index (χ2v) is 9.00. The average Bonchev–Trinajstić information content (AvgIpc) is 2.88. The van der Waals surface area contributed by atoms with Gasteiger partial charge in [-0.15, -0.1) is 0 Å². The van der Waals surface area contributed by atoms with Gasteiger partial charge in [0.15, 0.2) is 0 Å². The molecule has 5 nitrogen and oxygen atoms in total. The van der Waals surface area contributed by atoms with Crippen molar-refractivity contribution in [3.63, 3.8) is 0 Å². The summed E-state index contributed by atoms with van der Waals surface area (Å²) in [5.41, 5.74) is 0.00852. The number of piperidine rings is 2. The monoisotopic (exact) mass is 337 g/mol. The molecule has 0 bridgehead atoms. The lowest BCUT2D eigenvalue weighted by Crippen LogP contribution is -2.54. The van der Waals surface area contributed by atoms with Crippen molar-refractivity contribution in [1.29, 1.82) is 0 Å². The lowest BCUT2D eigenvalue weighted by atomic mass is 9.81. The van der Waals surface area contributed by atoms with E-state index in [4.69, 9.17) is 4.74 Å². The van der Waals surface area contributed by atoms with Gasteiger partial charge in [0.2, 0.25) is 0 Å². The molecule has 24 heavy (non-hydrogen) atoms. The molecule has 0 radical (unpaired) electrons. The van der Waals surface area contributed by atoms with Gasteiger partial charge >= 0.3 is 6.09 Å². The molecule has 3 rings (SSSR count). The van der Waals surface area contributed by atoms with E-state index in [1.165, 1.54) is 32.4 Å². The summed E-state index contributed by atoms with van der Waals surface area (Å²) in [6, 6.07) is 0.681. The average molecular weight is 338 g/mol. The Labute approximate surface area is 147 Å². The molecule has 5 heteroatoms. The number of carbonyl (C=O) groups excluding carboxylic acids is 1. The predicted octanol–water partition coefficient (Wildman–Crippen LogP) is 2.85. The van der Waals surface area contributed by atoms with Crippen LogP contribution in [0.2, 0.25) is 0 Å². The lowest BCUT2D eigenvalue weighted by Gasteiger charge is -2.47. The predicted molar refractivity (Wildman–Crippen MR) is 96.2 cm³/mol. The van der Waals surface area contributed by atoms with Crippen molar-refractivity contribution in [3.05, 3.63) is 0 Å². The van der Waals surface area contributed by atoms with E-state index in [1.54, 1.807) is 0 Å². The Morgan fingerprint density at radius 1 is 1.21 bits per heavy atom. The molecule has 3 fully saturated rings. The van der Waals surface area contributed by atoms with Gasteiger partial charge in [-0.05, 0) is 66.0 Å². The van der Waals surface area contributed by atoms with Crippen LogP contribution in [0.1, 0.15) is 59.8 Å². The van der Waals surface area contributed by atoms with Crippen LogP contribution in [0.4, 0.5) is 4.79 Å². The van der Waals surface area contributed by atoms with Crippen LogP contribution >= 0.6 is 0 Å². The number of alkyl carbamates (subject to hydrolysis) is 1. The van der Waals surface area contributed by atoms with Gasteiger partial charge in [-0.3, -0.25) is 4.90 Å². The molecule has 0 unspecified atom stereocenters. The Hall–Kier alpha value is -0.810. The van der Waals surface area contributed by atoms with Crippen LogP contribution in [0.3, 0.4) is 0 Å². The van der Waals surface area contributed by atoms with Gasteiger partial charge in [-0.25, -0.2) is 4.79 Å². The maximum atomic E-state index is 11.4. The smallest absolute Gasteiger partial charge is 0.407 e. The number of nitrogens with zero attached hydrogens (tertiary/aromatic N) is 2. The van der Waals surface area contributed by atoms with Crippen LogP contribution < -0.4 is 5.32 Å². The van der Waals surface area contributed by atoms with Gasteiger partial charge in [0.25, 0.3) is 0 Å². The molecule has 3 aliphatic rings. The maximum absolute atomic E-state index is 11.4. The van der Waals surface area contributed by atoms with Gasteiger partial charge in [-0.1, -0.05) is 0 Å². The Morgan fingerprint density at radius 2 is 1.83 bits per heavy atom. The number of nitrogens with one attached hydrogen (secondary N) is 1. The van der Waals surface area contributed by atoms with Gasteiger partial charge in [0.05, 0.1) is 6.54 Å². The quantitative estimate of drug-likeness (QED) is 0.857. The summed E-state index contributed by atoms with van der Waals surface area (Å²) < 4.78 is 5.55. The van der Waals surface area contributed by atoms with Crippen molar-refractivity contribution >= 4 is 6.09 Å². The number of amides is 1. The summed E-state index contributed by atoms with van der Waals surface area (Å²) in [6.45, 7) is 14.7. The topological polar surface area (TPSA) is 44.8 Å². The molecule has 0 aliphatic carbocycles. The number of ether oxygens (including phenoxy) is 1. The summed E-state index contributed by atoms with van der Waals surface area (Å²) in [5, 5.41) is 2.83. The highest BCUT2D eigenvalue weighted by Gasteiger charge is 2.45. The summed E-state index contributed by atoms with van der Waals surface area (Å²) in [5.74, 6) is 0.844. The first-order chi connectivity index (χ1) is 11.3. The van der Waals surface area contributed by atoms with Crippen molar-refractivity contribution < 1.29 is 9.53 Å². The van der Waals surface area contributed by atoms with Crippen LogP contribution in [-0.2, 0) is 4.74 Å². The molecule has 0 aromatic heterocycles. The van der Waals surface area contributed by atoms with E-state index < -0.39 is 0 Å². The highest BCUT2D eigenvalue weighted by atomic mass is 16.6. The molecule has 0 aromatic rings. The van der Waals surface area contributed by atoms with Crippen LogP contribution in [0.25, 0.3) is 0 Å². The highest BCUT2D eigenvalue weighted by molar-refractivity contribution is 5.70. The van der Waals surface area contributed by atoms with Crippen LogP contribution in [-0.4, -0.2) is 65.8 Å². The Bertz CT molecular complexity index is 448. The van der Waals surface area contributed by atoms with E-state index >= 15 is 0 Å². The lowest BCUT2D eigenvalue weighted by molar-refractivity contribution is -0.0328. The molecule has 0 atom stereocenters. The van der Waals surface area contributed by atoms with Gasteiger partial charge < -0.3 is 15.0 Å². The fourth-order valence-corrected chi connectivity index (χ4v) is 4.81. The van der Waals surface area contributed by atoms with E-state index in [2.05, 4.69) is 42.8 Å². The molecule has 0 aromatic carbocycles. The number of carbonyl (C=O) groups is 1. The Morgan fingerprint density at radius 3 is 2.33 bits per heavy atom. The zero-order valence-electron chi connectivity index (χ0n) is 15.9. The van der Waals surface area contributed by atoms with Crippen LogP contribution in [0.15, 0.2) is 0 Å². The van der Waals surface area contributed by atoms with Gasteiger partial charge in [0, 0.05) is 37.5 Å². The van der Waals surface area contributed by atoms with E-state index in [0.29, 0.717) is 12.6 Å². The standard InChI is InChI=1S/C19H35N3O2/c1-15(2)21-9-5-16(6-10-21)13-18(3,4)22-11-7-19(8-12-22)14-20-17(23)24-19/h15-16H,5-14H2,1-4H3,(H,20,23). The van der Waals surface area contributed by atoms with Crippen molar-refractivity contribution in [3.8, 4) is 0 Å². The van der Waals surface area contributed by atoms with Crippen molar-refractivity contribution in [2.24, 2.45) is 5.92 Å². The molecule has 138 valence electrons. The molecule has 1 N–H and O–H groups in total. The summed E-state index contributed by atoms with van der Waals surface area (Å²) in [4.78, 5) is 16.6. The second kappa shape index (κ2) is 6.83. The molecular weight excluding hydrogens is 302 g/mol. The summed E-state index contributed by atoms with van der Waals surface area (Å²) in [6.07, 6.45) is 5.63. The van der Waals surface area contributed by atoms with Crippen molar-refractivity contribution in [1.82, 2.24) is 15.1 Å². The number of hydrogen-bond donors (Lipinski definition) is 1. The van der Waals surface area contributed by atoms with Gasteiger partial charge in [0.1, 0.15) is 5.60 Å². The maximum Gasteiger partial charge on any atom is 0.407 e. The van der Waals surface area contributed by atoms with Gasteiger partial charge in [-0.2, -0.15) is 0 Å². The fraction of sp³-hybridized carbons (Fsp3) is 0.947.